The zero-order valence-corrected chi connectivity index (χ0v) is 9.93. The van der Waals surface area contributed by atoms with Crippen molar-refractivity contribution in [3.8, 4) is 0 Å². The summed E-state index contributed by atoms with van der Waals surface area (Å²) in [4.78, 5) is 12.6. The molecule has 0 amide bonds. The minimum Gasteiger partial charge on any atom is -0.396 e. The predicted molar refractivity (Wildman–Crippen MR) is 65.7 cm³/mol. The number of aliphatic hydroxyl groups excluding tert-OH is 1. The summed E-state index contributed by atoms with van der Waals surface area (Å²) in [5, 5.41) is 11.9. The first kappa shape index (κ1) is 11.8. The van der Waals surface area contributed by atoms with Crippen LogP contribution in [-0.2, 0) is 7.05 Å². The van der Waals surface area contributed by atoms with E-state index < -0.39 is 0 Å². The topological polar surface area (TPSA) is 75.9 Å². The Hall–Kier alpha value is -1.69. The molecule has 2 N–H and O–H groups in total. The van der Waals surface area contributed by atoms with Crippen molar-refractivity contribution in [3.05, 3.63) is 12.7 Å². The number of nitrogens with one attached hydrogen (secondary N) is 1. The van der Waals surface area contributed by atoms with Gasteiger partial charge in [0.15, 0.2) is 11.5 Å². The fraction of sp³-hybridized carbons (Fsp3) is 0.545. The number of unbranched alkanes of at least 4 members (excludes halogenated alkanes) is 2. The summed E-state index contributed by atoms with van der Waals surface area (Å²) in [5.74, 6) is 0.777. The number of aromatic nitrogens is 4. The first-order chi connectivity index (χ1) is 8.33. The van der Waals surface area contributed by atoms with Crippen LogP contribution in [0.25, 0.3) is 11.2 Å². The van der Waals surface area contributed by atoms with Crippen LogP contribution in [0.15, 0.2) is 12.7 Å². The largest absolute Gasteiger partial charge is 0.396 e. The molecule has 0 radical (unpaired) electrons. The molecule has 92 valence electrons. The van der Waals surface area contributed by atoms with Gasteiger partial charge < -0.3 is 15.0 Å². The quantitative estimate of drug-likeness (QED) is 0.729. The van der Waals surface area contributed by atoms with Crippen LogP contribution in [0.4, 0.5) is 5.82 Å². The van der Waals surface area contributed by atoms with Gasteiger partial charge in [-0.2, -0.15) is 0 Å². The minimum absolute atomic E-state index is 0.262. The average Bonchev–Trinajstić information content (AvgIpc) is 2.72. The number of aryl methyl sites for hydroxylation is 1. The highest BCUT2D eigenvalue weighted by Crippen LogP contribution is 2.16. The van der Waals surface area contributed by atoms with Gasteiger partial charge in [0.2, 0.25) is 0 Å². The minimum atomic E-state index is 0.262. The highest BCUT2D eigenvalue weighted by molar-refractivity contribution is 5.82. The van der Waals surface area contributed by atoms with Gasteiger partial charge in [0.1, 0.15) is 11.8 Å². The van der Waals surface area contributed by atoms with Crippen molar-refractivity contribution < 1.29 is 5.11 Å². The lowest BCUT2D eigenvalue weighted by Crippen LogP contribution is -2.05. The molecule has 2 rings (SSSR count). The van der Waals surface area contributed by atoms with Gasteiger partial charge in [-0.05, 0) is 19.3 Å². The van der Waals surface area contributed by atoms with E-state index in [-0.39, 0.29) is 6.61 Å². The van der Waals surface area contributed by atoms with Crippen LogP contribution in [0.5, 0.6) is 0 Å². The van der Waals surface area contributed by atoms with E-state index in [9.17, 15) is 0 Å². The number of imidazole rings is 1. The Labute approximate surface area is 99.7 Å². The summed E-state index contributed by atoms with van der Waals surface area (Å²) in [6, 6.07) is 0. The summed E-state index contributed by atoms with van der Waals surface area (Å²) in [6.45, 7) is 1.10. The van der Waals surface area contributed by atoms with E-state index in [1.165, 1.54) is 0 Å². The Balaban J connectivity index is 1.99. The third-order valence-electron chi connectivity index (χ3n) is 2.62. The third-order valence-corrected chi connectivity index (χ3v) is 2.62. The Morgan fingerprint density at radius 1 is 1.24 bits per heavy atom. The summed E-state index contributed by atoms with van der Waals surface area (Å²) >= 11 is 0. The van der Waals surface area contributed by atoms with E-state index in [1.807, 2.05) is 11.6 Å². The standard InChI is InChI=1S/C11H17N5O/c1-16-8-15-9-10(13-7-14-11(9)16)12-5-3-2-4-6-17/h7-8,17H,2-6H2,1H3,(H,12,13,14). The number of hydrogen-bond donors (Lipinski definition) is 2. The molecule has 2 heterocycles. The summed E-state index contributed by atoms with van der Waals surface area (Å²) in [6.07, 6.45) is 6.15. The van der Waals surface area contributed by atoms with Gasteiger partial charge in [-0.3, -0.25) is 0 Å². The van der Waals surface area contributed by atoms with Gasteiger partial charge in [0.05, 0.1) is 6.33 Å². The van der Waals surface area contributed by atoms with Crippen molar-refractivity contribution in [2.24, 2.45) is 7.05 Å². The van der Waals surface area contributed by atoms with Crippen molar-refractivity contribution in [3.63, 3.8) is 0 Å². The second kappa shape index (κ2) is 5.58. The molecule has 0 aliphatic rings. The second-order valence-corrected chi connectivity index (χ2v) is 3.96. The zero-order valence-electron chi connectivity index (χ0n) is 9.93. The molecule has 0 aliphatic carbocycles. The van der Waals surface area contributed by atoms with E-state index in [4.69, 9.17) is 5.11 Å². The molecule has 0 atom stereocenters. The molecular formula is C11H17N5O. The number of hydrogen-bond acceptors (Lipinski definition) is 5. The van der Waals surface area contributed by atoms with Crippen LogP contribution in [0, 0.1) is 0 Å². The lowest BCUT2D eigenvalue weighted by atomic mass is 10.2. The molecule has 0 bridgehead atoms. The molecule has 0 saturated heterocycles. The molecule has 6 nitrogen and oxygen atoms in total. The highest BCUT2D eigenvalue weighted by atomic mass is 16.2. The van der Waals surface area contributed by atoms with E-state index >= 15 is 0 Å². The lowest BCUT2D eigenvalue weighted by molar-refractivity contribution is 0.283. The van der Waals surface area contributed by atoms with Crippen LogP contribution in [-0.4, -0.2) is 37.8 Å². The number of nitrogens with zero attached hydrogens (tertiary/aromatic N) is 4. The Morgan fingerprint density at radius 3 is 2.94 bits per heavy atom. The number of anilines is 1. The Kier molecular flexibility index (Phi) is 3.87. The number of fused-ring (bicyclic) bond motifs is 1. The van der Waals surface area contributed by atoms with E-state index in [1.54, 1.807) is 12.7 Å². The lowest BCUT2D eigenvalue weighted by Gasteiger charge is -2.05. The first-order valence-corrected chi connectivity index (χ1v) is 5.79. The molecule has 0 aromatic carbocycles. The second-order valence-electron chi connectivity index (χ2n) is 3.96. The van der Waals surface area contributed by atoms with Gasteiger partial charge in [-0.25, -0.2) is 15.0 Å². The van der Waals surface area contributed by atoms with Gasteiger partial charge in [-0.15, -0.1) is 0 Å². The number of aliphatic hydroxyl groups is 1. The van der Waals surface area contributed by atoms with Crippen molar-refractivity contribution in [1.82, 2.24) is 19.5 Å². The summed E-state index contributed by atoms with van der Waals surface area (Å²) < 4.78 is 1.87. The van der Waals surface area contributed by atoms with Crippen LogP contribution in [0.1, 0.15) is 19.3 Å². The maximum Gasteiger partial charge on any atom is 0.165 e. The SMILES string of the molecule is Cn1cnc2c(NCCCCCO)ncnc21. The van der Waals surface area contributed by atoms with Gasteiger partial charge in [0.25, 0.3) is 0 Å². The highest BCUT2D eigenvalue weighted by Gasteiger charge is 2.06. The van der Waals surface area contributed by atoms with E-state index in [2.05, 4.69) is 20.3 Å². The van der Waals surface area contributed by atoms with Crippen LogP contribution >= 0.6 is 0 Å². The smallest absolute Gasteiger partial charge is 0.165 e. The predicted octanol–water partition coefficient (Wildman–Crippen LogP) is 0.938. The van der Waals surface area contributed by atoms with Gasteiger partial charge in [0, 0.05) is 20.2 Å². The molecule has 0 aliphatic heterocycles. The summed E-state index contributed by atoms with van der Waals surface area (Å²) in [5.41, 5.74) is 1.63. The zero-order chi connectivity index (χ0) is 12.1. The molecular weight excluding hydrogens is 218 g/mol. The molecule has 0 unspecified atom stereocenters. The van der Waals surface area contributed by atoms with Crippen molar-refractivity contribution in [2.45, 2.75) is 19.3 Å². The van der Waals surface area contributed by atoms with Crippen LogP contribution in [0.3, 0.4) is 0 Å². The molecule has 17 heavy (non-hydrogen) atoms. The third kappa shape index (κ3) is 2.71. The van der Waals surface area contributed by atoms with E-state index in [0.717, 1.165) is 42.8 Å². The molecule has 0 fully saturated rings. The normalized spacial score (nSPS) is 10.9. The molecule has 2 aromatic rings. The average molecular weight is 235 g/mol. The Bertz CT molecular complexity index is 482. The van der Waals surface area contributed by atoms with Crippen molar-refractivity contribution >= 4 is 17.0 Å². The Morgan fingerprint density at radius 2 is 2.12 bits per heavy atom. The monoisotopic (exact) mass is 235 g/mol. The maximum atomic E-state index is 8.67. The molecule has 0 saturated carbocycles. The molecule has 2 aromatic heterocycles. The molecule has 6 heteroatoms. The number of rotatable bonds is 6. The van der Waals surface area contributed by atoms with Gasteiger partial charge in [-0.1, -0.05) is 0 Å². The van der Waals surface area contributed by atoms with Crippen LogP contribution < -0.4 is 5.32 Å². The van der Waals surface area contributed by atoms with Crippen LogP contribution in [0.2, 0.25) is 0 Å². The van der Waals surface area contributed by atoms with E-state index in [0.29, 0.717) is 0 Å². The summed E-state index contributed by atoms with van der Waals surface area (Å²) in [7, 11) is 1.91. The maximum absolute atomic E-state index is 8.67. The van der Waals surface area contributed by atoms with Gasteiger partial charge >= 0.3 is 0 Å². The fourth-order valence-corrected chi connectivity index (χ4v) is 1.70. The van der Waals surface area contributed by atoms with Crippen molar-refractivity contribution in [2.75, 3.05) is 18.5 Å². The first-order valence-electron chi connectivity index (χ1n) is 5.79. The van der Waals surface area contributed by atoms with Crippen molar-refractivity contribution in [1.29, 1.82) is 0 Å². The molecule has 0 spiro atoms. The fourth-order valence-electron chi connectivity index (χ4n) is 1.70.